The van der Waals surface area contributed by atoms with E-state index in [1.165, 1.54) is 5.56 Å². The lowest BCUT2D eigenvalue weighted by atomic mass is 10.0. The summed E-state index contributed by atoms with van der Waals surface area (Å²) in [6, 6.07) is 8.76. The van der Waals surface area contributed by atoms with Crippen molar-refractivity contribution < 1.29 is 4.74 Å². The van der Waals surface area contributed by atoms with Crippen molar-refractivity contribution in [1.82, 2.24) is 4.90 Å². The average molecular weight is 247 g/mol. The third kappa shape index (κ3) is 2.42. The molecule has 0 spiro atoms. The van der Waals surface area contributed by atoms with Crippen LogP contribution < -0.4 is 10.5 Å². The zero-order valence-corrected chi connectivity index (χ0v) is 11.3. The topological polar surface area (TPSA) is 50.9 Å². The molecular weight excluding hydrogens is 226 g/mol. The van der Waals surface area contributed by atoms with Crippen LogP contribution in [0, 0.1) is 0 Å². The number of aliphatic imine (C=N–C) groups is 1. The van der Waals surface area contributed by atoms with Crippen molar-refractivity contribution in [2.24, 2.45) is 10.7 Å². The SMILES string of the molecule is CCOc1cccc(C2CN=C(N)N2C(C)C)c1. The minimum absolute atomic E-state index is 0.227. The maximum Gasteiger partial charge on any atom is 0.192 e. The third-order valence-electron chi connectivity index (χ3n) is 3.14. The number of nitrogens with two attached hydrogens (primary N) is 1. The van der Waals surface area contributed by atoms with Crippen LogP contribution in [0.2, 0.25) is 0 Å². The number of benzene rings is 1. The molecular formula is C14H21N3O. The Hall–Kier alpha value is -1.71. The first-order chi connectivity index (χ1) is 8.63. The van der Waals surface area contributed by atoms with Gasteiger partial charge in [0.2, 0.25) is 0 Å². The van der Waals surface area contributed by atoms with Crippen LogP contribution in [-0.4, -0.2) is 30.1 Å². The summed E-state index contributed by atoms with van der Waals surface area (Å²) in [7, 11) is 0. The van der Waals surface area contributed by atoms with Gasteiger partial charge in [0.1, 0.15) is 5.75 Å². The number of hydrogen-bond donors (Lipinski definition) is 1. The van der Waals surface area contributed by atoms with E-state index in [0.717, 1.165) is 12.3 Å². The van der Waals surface area contributed by atoms with Crippen molar-refractivity contribution in [2.45, 2.75) is 32.9 Å². The molecule has 4 heteroatoms. The lowest BCUT2D eigenvalue weighted by Gasteiger charge is -2.30. The summed E-state index contributed by atoms with van der Waals surface area (Å²) >= 11 is 0. The maximum atomic E-state index is 5.95. The highest BCUT2D eigenvalue weighted by Crippen LogP contribution is 2.29. The van der Waals surface area contributed by atoms with Crippen LogP contribution in [0.1, 0.15) is 32.4 Å². The number of ether oxygens (including phenoxy) is 1. The van der Waals surface area contributed by atoms with Gasteiger partial charge in [-0.1, -0.05) is 12.1 Å². The van der Waals surface area contributed by atoms with Gasteiger partial charge in [-0.3, -0.25) is 4.99 Å². The molecule has 0 saturated carbocycles. The van der Waals surface area contributed by atoms with Gasteiger partial charge in [0.25, 0.3) is 0 Å². The Labute approximate surface area is 108 Å². The van der Waals surface area contributed by atoms with E-state index in [9.17, 15) is 0 Å². The second kappa shape index (κ2) is 5.29. The number of nitrogens with zero attached hydrogens (tertiary/aromatic N) is 2. The van der Waals surface area contributed by atoms with Crippen molar-refractivity contribution in [3.8, 4) is 5.75 Å². The van der Waals surface area contributed by atoms with Gasteiger partial charge in [0, 0.05) is 6.04 Å². The average Bonchev–Trinajstić information content (AvgIpc) is 2.72. The molecule has 0 saturated heterocycles. The molecule has 18 heavy (non-hydrogen) atoms. The first kappa shape index (κ1) is 12.7. The molecule has 98 valence electrons. The van der Waals surface area contributed by atoms with Crippen LogP contribution in [0.5, 0.6) is 5.75 Å². The van der Waals surface area contributed by atoms with Crippen LogP contribution >= 0.6 is 0 Å². The van der Waals surface area contributed by atoms with Gasteiger partial charge in [0.05, 0.1) is 19.2 Å². The smallest absolute Gasteiger partial charge is 0.192 e. The lowest BCUT2D eigenvalue weighted by Crippen LogP contribution is -2.40. The molecule has 0 radical (unpaired) electrons. The molecule has 1 aliphatic heterocycles. The molecule has 1 atom stereocenters. The monoisotopic (exact) mass is 247 g/mol. The summed E-state index contributed by atoms with van der Waals surface area (Å²) in [5, 5.41) is 0. The van der Waals surface area contributed by atoms with E-state index in [0.29, 0.717) is 18.6 Å². The number of guanidine groups is 1. The van der Waals surface area contributed by atoms with Crippen molar-refractivity contribution in [2.75, 3.05) is 13.2 Å². The predicted octanol–water partition coefficient (Wildman–Crippen LogP) is 2.17. The molecule has 0 amide bonds. The zero-order valence-electron chi connectivity index (χ0n) is 11.3. The highest BCUT2D eigenvalue weighted by atomic mass is 16.5. The largest absolute Gasteiger partial charge is 0.494 e. The quantitative estimate of drug-likeness (QED) is 0.887. The summed E-state index contributed by atoms with van der Waals surface area (Å²) in [5.74, 6) is 1.54. The highest BCUT2D eigenvalue weighted by Gasteiger charge is 2.29. The summed E-state index contributed by atoms with van der Waals surface area (Å²) in [6.45, 7) is 7.66. The molecule has 1 aromatic carbocycles. The Bertz CT molecular complexity index is 442. The fraction of sp³-hybridized carbons (Fsp3) is 0.500. The van der Waals surface area contributed by atoms with Gasteiger partial charge in [-0.25, -0.2) is 0 Å². The van der Waals surface area contributed by atoms with Gasteiger partial charge in [-0.05, 0) is 38.5 Å². The van der Waals surface area contributed by atoms with Crippen molar-refractivity contribution in [3.63, 3.8) is 0 Å². The van der Waals surface area contributed by atoms with Crippen LogP contribution in [0.25, 0.3) is 0 Å². The molecule has 1 heterocycles. The highest BCUT2D eigenvalue weighted by molar-refractivity contribution is 5.80. The Morgan fingerprint density at radius 2 is 2.28 bits per heavy atom. The first-order valence-electron chi connectivity index (χ1n) is 6.44. The molecule has 1 aliphatic rings. The van der Waals surface area contributed by atoms with Gasteiger partial charge in [-0.2, -0.15) is 0 Å². The standard InChI is InChI=1S/C14H21N3O/c1-4-18-12-7-5-6-11(8-12)13-9-16-14(15)17(13)10(2)3/h5-8,10,13H,4,9H2,1-3H3,(H2,15,16). The van der Waals surface area contributed by atoms with Crippen molar-refractivity contribution in [1.29, 1.82) is 0 Å². The van der Waals surface area contributed by atoms with E-state index < -0.39 is 0 Å². The summed E-state index contributed by atoms with van der Waals surface area (Å²) in [6.07, 6.45) is 0. The second-order valence-electron chi connectivity index (χ2n) is 4.72. The van der Waals surface area contributed by atoms with Crippen molar-refractivity contribution in [3.05, 3.63) is 29.8 Å². The summed E-state index contributed by atoms with van der Waals surface area (Å²) < 4.78 is 5.54. The zero-order chi connectivity index (χ0) is 13.1. The van der Waals surface area contributed by atoms with Crippen LogP contribution in [0.15, 0.2) is 29.3 Å². The number of rotatable bonds is 4. The molecule has 1 aromatic rings. The molecule has 0 fully saturated rings. The molecule has 2 rings (SSSR count). The minimum Gasteiger partial charge on any atom is -0.494 e. The number of hydrogen-bond acceptors (Lipinski definition) is 4. The Balaban J connectivity index is 2.23. The molecule has 0 aliphatic carbocycles. The van der Waals surface area contributed by atoms with Crippen molar-refractivity contribution >= 4 is 5.96 Å². The fourth-order valence-electron chi connectivity index (χ4n) is 2.38. The lowest BCUT2D eigenvalue weighted by molar-refractivity contribution is 0.288. The van der Waals surface area contributed by atoms with E-state index in [1.807, 2.05) is 19.1 Å². The Morgan fingerprint density at radius 3 is 2.94 bits per heavy atom. The maximum absolute atomic E-state index is 5.95. The van der Waals surface area contributed by atoms with Gasteiger partial charge < -0.3 is 15.4 Å². The normalized spacial score (nSPS) is 19.2. The van der Waals surface area contributed by atoms with Crippen LogP contribution in [0.4, 0.5) is 0 Å². The molecule has 2 N–H and O–H groups in total. The van der Waals surface area contributed by atoms with Gasteiger partial charge in [-0.15, -0.1) is 0 Å². The van der Waals surface area contributed by atoms with Crippen LogP contribution in [-0.2, 0) is 0 Å². The Kier molecular flexibility index (Phi) is 3.75. The van der Waals surface area contributed by atoms with Gasteiger partial charge in [0.15, 0.2) is 5.96 Å². The van der Waals surface area contributed by atoms with Crippen LogP contribution in [0.3, 0.4) is 0 Å². The summed E-state index contributed by atoms with van der Waals surface area (Å²) in [5.41, 5.74) is 7.16. The summed E-state index contributed by atoms with van der Waals surface area (Å²) in [4.78, 5) is 6.51. The third-order valence-corrected chi connectivity index (χ3v) is 3.14. The van der Waals surface area contributed by atoms with E-state index in [4.69, 9.17) is 10.5 Å². The van der Waals surface area contributed by atoms with E-state index >= 15 is 0 Å². The second-order valence-corrected chi connectivity index (χ2v) is 4.72. The molecule has 1 unspecified atom stereocenters. The predicted molar refractivity (Wildman–Crippen MR) is 73.8 cm³/mol. The van der Waals surface area contributed by atoms with E-state index in [-0.39, 0.29) is 6.04 Å². The Morgan fingerprint density at radius 1 is 1.50 bits per heavy atom. The minimum atomic E-state index is 0.227. The van der Waals surface area contributed by atoms with E-state index in [2.05, 4.69) is 35.9 Å². The molecule has 0 bridgehead atoms. The fourth-order valence-corrected chi connectivity index (χ4v) is 2.38. The molecule has 0 aromatic heterocycles. The van der Waals surface area contributed by atoms with E-state index in [1.54, 1.807) is 0 Å². The first-order valence-corrected chi connectivity index (χ1v) is 6.44. The van der Waals surface area contributed by atoms with Gasteiger partial charge >= 0.3 is 0 Å². The molecule has 4 nitrogen and oxygen atoms in total.